The molecule has 3 aliphatic heterocycles. The Kier molecular flexibility index (Phi) is 9.27. The van der Waals surface area contributed by atoms with Crippen LogP contribution in [0, 0.1) is 0 Å². The monoisotopic (exact) mass is 678 g/mol. The molecule has 2 saturated heterocycles. The highest BCUT2D eigenvalue weighted by molar-refractivity contribution is 5.74. The van der Waals surface area contributed by atoms with Crippen molar-refractivity contribution in [3.05, 3.63) is 58.2 Å². The van der Waals surface area contributed by atoms with Gasteiger partial charge in [0.05, 0.1) is 24.0 Å². The molecular formula is C37H48F2N6O4. The minimum Gasteiger partial charge on any atom is -0.444 e. The summed E-state index contributed by atoms with van der Waals surface area (Å²) < 4.78 is 45.1. The predicted molar refractivity (Wildman–Crippen MR) is 180 cm³/mol. The molecule has 2 fully saturated rings. The molecule has 0 bridgehead atoms. The number of alkyl halides is 2. The standard InChI is InChI=1S/C37H48F2N6O4/c1-23(46)43-15-10-33-32(22-43)34(41-45(33)27-11-16-48-17-12-27)28-7-5-6-24-18-29(31(35(38)39)19-30(24)28)25-20-40-44(21-25)26-8-13-42(14-9-26)36(47)49-37(2,3)4/h18-21,26-28,35H,5-17,22H2,1-4H3. The lowest BCUT2D eigenvalue weighted by Crippen LogP contribution is -2.42. The van der Waals surface area contributed by atoms with E-state index in [2.05, 4.69) is 9.78 Å². The van der Waals surface area contributed by atoms with Crippen molar-refractivity contribution in [1.82, 2.24) is 29.4 Å². The van der Waals surface area contributed by atoms with Crippen molar-refractivity contribution in [1.29, 1.82) is 0 Å². The summed E-state index contributed by atoms with van der Waals surface area (Å²) in [7, 11) is 0. The number of likely N-dealkylation sites (tertiary alicyclic amines) is 1. The quantitative estimate of drug-likeness (QED) is 0.289. The molecule has 49 heavy (non-hydrogen) atoms. The average molecular weight is 679 g/mol. The van der Waals surface area contributed by atoms with Gasteiger partial charge >= 0.3 is 6.09 Å². The van der Waals surface area contributed by atoms with E-state index in [1.54, 1.807) is 24.1 Å². The molecule has 2 aromatic heterocycles. The number of carbonyl (C=O) groups excluding carboxylic acids is 2. The summed E-state index contributed by atoms with van der Waals surface area (Å²) in [6.07, 6.45) is 7.09. The number of rotatable bonds is 5. The van der Waals surface area contributed by atoms with E-state index in [0.29, 0.717) is 63.4 Å². The van der Waals surface area contributed by atoms with Crippen LogP contribution in [0.1, 0.15) is 124 Å². The number of ether oxygens (including phenoxy) is 2. The van der Waals surface area contributed by atoms with E-state index >= 15 is 0 Å². The molecule has 10 nitrogen and oxygen atoms in total. The van der Waals surface area contributed by atoms with Crippen LogP contribution in [-0.4, -0.2) is 79.8 Å². The highest BCUT2D eigenvalue weighted by Gasteiger charge is 2.36. The third-order valence-electron chi connectivity index (χ3n) is 10.7. The first-order valence-electron chi connectivity index (χ1n) is 17.9. The molecule has 0 saturated carbocycles. The first-order chi connectivity index (χ1) is 23.5. The van der Waals surface area contributed by atoms with Crippen molar-refractivity contribution in [2.45, 2.75) is 116 Å². The van der Waals surface area contributed by atoms with E-state index < -0.39 is 12.0 Å². The molecule has 5 heterocycles. The van der Waals surface area contributed by atoms with Crippen molar-refractivity contribution in [2.75, 3.05) is 32.8 Å². The van der Waals surface area contributed by atoms with Crippen molar-refractivity contribution in [3.8, 4) is 11.1 Å². The second-order valence-electron chi connectivity index (χ2n) is 15.1. The lowest BCUT2D eigenvalue weighted by molar-refractivity contribution is -0.129. The van der Waals surface area contributed by atoms with Crippen LogP contribution in [0.4, 0.5) is 13.6 Å². The van der Waals surface area contributed by atoms with Gasteiger partial charge in [-0.1, -0.05) is 6.07 Å². The van der Waals surface area contributed by atoms with Crippen LogP contribution in [0.2, 0.25) is 0 Å². The van der Waals surface area contributed by atoms with Gasteiger partial charge < -0.3 is 19.3 Å². The largest absolute Gasteiger partial charge is 0.444 e. The highest BCUT2D eigenvalue weighted by atomic mass is 19.3. The van der Waals surface area contributed by atoms with E-state index in [4.69, 9.17) is 14.6 Å². The molecule has 7 rings (SSSR count). The van der Waals surface area contributed by atoms with Gasteiger partial charge in [-0.05, 0) is 88.5 Å². The highest BCUT2D eigenvalue weighted by Crippen LogP contribution is 2.44. The fourth-order valence-electron chi connectivity index (χ4n) is 8.15. The van der Waals surface area contributed by atoms with Crippen LogP contribution in [0.5, 0.6) is 0 Å². The minimum absolute atomic E-state index is 0.00744. The number of fused-ring (bicyclic) bond motifs is 2. The van der Waals surface area contributed by atoms with Gasteiger partial charge in [0.25, 0.3) is 6.43 Å². The number of hydrogen-bond donors (Lipinski definition) is 0. The topological polar surface area (TPSA) is 94.7 Å². The Balaban J connectivity index is 1.18. The minimum atomic E-state index is -2.66. The van der Waals surface area contributed by atoms with Crippen LogP contribution in [0.25, 0.3) is 11.1 Å². The van der Waals surface area contributed by atoms with E-state index in [1.807, 2.05) is 42.6 Å². The molecular weight excluding hydrogens is 630 g/mol. The van der Waals surface area contributed by atoms with E-state index in [1.165, 1.54) is 5.69 Å². The van der Waals surface area contributed by atoms with Crippen LogP contribution in [0.15, 0.2) is 24.5 Å². The van der Waals surface area contributed by atoms with Crippen molar-refractivity contribution in [3.63, 3.8) is 0 Å². The Morgan fingerprint density at radius 1 is 0.980 bits per heavy atom. The number of amides is 2. The third kappa shape index (κ3) is 6.85. The molecule has 0 N–H and O–H groups in total. The lowest BCUT2D eigenvalue weighted by Gasteiger charge is -2.33. The van der Waals surface area contributed by atoms with E-state index in [-0.39, 0.29) is 35.6 Å². The molecule has 1 unspecified atom stereocenters. The van der Waals surface area contributed by atoms with Gasteiger partial charge in [0.15, 0.2) is 0 Å². The van der Waals surface area contributed by atoms with Gasteiger partial charge in [0.1, 0.15) is 5.60 Å². The molecule has 4 aliphatic rings. The Morgan fingerprint density at radius 2 is 1.73 bits per heavy atom. The molecule has 12 heteroatoms. The molecule has 2 amide bonds. The summed E-state index contributed by atoms with van der Waals surface area (Å²) in [5, 5.41) is 9.89. The summed E-state index contributed by atoms with van der Waals surface area (Å²) in [5.74, 6) is -0.0758. The maximum Gasteiger partial charge on any atom is 0.410 e. The predicted octanol–water partition coefficient (Wildman–Crippen LogP) is 6.98. The Bertz CT molecular complexity index is 1700. The zero-order chi connectivity index (χ0) is 34.4. The fraction of sp³-hybridized carbons (Fsp3) is 0.622. The molecule has 1 atom stereocenters. The number of aromatic nitrogens is 4. The van der Waals surface area contributed by atoms with Gasteiger partial charge in [0, 0.05) is 87.2 Å². The fourth-order valence-corrected chi connectivity index (χ4v) is 8.15. The van der Waals surface area contributed by atoms with E-state index in [9.17, 15) is 18.4 Å². The van der Waals surface area contributed by atoms with Crippen molar-refractivity contribution >= 4 is 12.0 Å². The van der Waals surface area contributed by atoms with E-state index in [0.717, 1.165) is 60.9 Å². The Morgan fingerprint density at radius 3 is 2.43 bits per heavy atom. The van der Waals surface area contributed by atoms with Crippen LogP contribution in [-0.2, 0) is 33.7 Å². The molecule has 1 aliphatic carbocycles. The zero-order valence-electron chi connectivity index (χ0n) is 29.1. The maximum atomic E-state index is 14.9. The SMILES string of the molecule is CC(=O)N1CCc2c(c(C3CCCc4cc(-c5cnn(C6CCN(C(=O)OC(C)(C)C)CC6)c5)c(C(F)F)cc43)nn2C2CCOCC2)C1. The molecule has 0 radical (unpaired) electrons. The number of nitrogens with zero attached hydrogens (tertiary/aromatic N) is 6. The van der Waals surface area contributed by atoms with Crippen LogP contribution >= 0.6 is 0 Å². The summed E-state index contributed by atoms with van der Waals surface area (Å²) in [6, 6.07) is 3.99. The number of aryl methyl sites for hydroxylation is 1. The number of benzene rings is 1. The van der Waals surface area contributed by atoms with Crippen LogP contribution in [0.3, 0.4) is 0 Å². The zero-order valence-corrected chi connectivity index (χ0v) is 29.1. The van der Waals surface area contributed by atoms with Crippen LogP contribution < -0.4 is 0 Å². The Labute approximate surface area is 286 Å². The maximum absolute atomic E-state index is 14.9. The first kappa shape index (κ1) is 33.7. The molecule has 264 valence electrons. The van der Waals surface area contributed by atoms with Crippen molar-refractivity contribution in [2.24, 2.45) is 0 Å². The third-order valence-corrected chi connectivity index (χ3v) is 10.7. The number of hydrogen-bond acceptors (Lipinski definition) is 6. The number of halogens is 2. The lowest BCUT2D eigenvalue weighted by atomic mass is 9.77. The second-order valence-corrected chi connectivity index (χ2v) is 15.1. The first-order valence-corrected chi connectivity index (χ1v) is 17.9. The van der Waals surface area contributed by atoms with Crippen molar-refractivity contribution < 1.29 is 27.8 Å². The summed E-state index contributed by atoms with van der Waals surface area (Å²) >= 11 is 0. The number of piperidine rings is 1. The van der Waals surface area contributed by atoms with Gasteiger partial charge in [-0.15, -0.1) is 0 Å². The molecule has 3 aromatic rings. The van der Waals surface area contributed by atoms with Gasteiger partial charge in [0.2, 0.25) is 5.91 Å². The summed E-state index contributed by atoms with van der Waals surface area (Å²) in [4.78, 5) is 28.6. The smallest absolute Gasteiger partial charge is 0.410 e. The summed E-state index contributed by atoms with van der Waals surface area (Å²) in [6.45, 7) is 10.8. The molecule has 0 spiro atoms. The van der Waals surface area contributed by atoms with Gasteiger partial charge in [-0.25, -0.2) is 13.6 Å². The summed E-state index contributed by atoms with van der Waals surface area (Å²) in [5.41, 5.74) is 5.85. The van der Waals surface area contributed by atoms with Gasteiger partial charge in [-0.3, -0.25) is 14.2 Å². The van der Waals surface area contributed by atoms with Gasteiger partial charge in [-0.2, -0.15) is 10.2 Å². The number of carbonyl (C=O) groups is 2. The second kappa shape index (κ2) is 13.5. The normalized spacial score (nSPS) is 20.8. The average Bonchev–Trinajstić information content (AvgIpc) is 3.73. The Hall–Kier alpha value is -3.80. The molecule has 1 aromatic carbocycles.